The zero-order valence-electron chi connectivity index (χ0n) is 18.2. The average molecular weight is 472 g/mol. The predicted octanol–water partition coefficient (Wildman–Crippen LogP) is 3.71. The Kier molecular flexibility index (Phi) is 8.50. The molecule has 0 saturated carbocycles. The molecule has 0 heterocycles. The van der Waals surface area contributed by atoms with E-state index in [-0.39, 0.29) is 19.6 Å². The molecule has 2 N–H and O–H groups in total. The molecule has 0 aliphatic carbocycles. The second kappa shape index (κ2) is 10.9. The number of alkyl halides is 3. The lowest BCUT2D eigenvalue weighted by Gasteiger charge is -2.34. The van der Waals surface area contributed by atoms with E-state index in [1.165, 1.54) is 21.1 Å². The van der Waals surface area contributed by atoms with Gasteiger partial charge in [0.05, 0.1) is 20.8 Å². The third-order valence-electron chi connectivity index (χ3n) is 4.73. The highest BCUT2D eigenvalue weighted by Crippen LogP contribution is 2.40. The number of benzene rings is 2. The van der Waals surface area contributed by atoms with E-state index in [1.54, 1.807) is 23.5 Å². The number of amides is 2. The minimum atomic E-state index is -5.28. The van der Waals surface area contributed by atoms with E-state index < -0.39 is 35.1 Å². The van der Waals surface area contributed by atoms with Crippen LogP contribution < -0.4 is 20.1 Å². The Balaban J connectivity index is 2.23. The van der Waals surface area contributed by atoms with Gasteiger partial charge in [-0.15, -0.1) is 0 Å². The number of nitrogens with one attached hydrogen (secondary N) is 2. The minimum Gasteiger partial charge on any atom is -0.493 e. The number of urea groups is 1. The number of ether oxygens (including phenoxy) is 3. The number of carbonyl (C=O) groups is 2. The van der Waals surface area contributed by atoms with Crippen LogP contribution in [0.3, 0.4) is 0 Å². The van der Waals surface area contributed by atoms with Crippen molar-refractivity contribution >= 4 is 12.0 Å². The summed E-state index contributed by atoms with van der Waals surface area (Å²) in [5.41, 5.74) is -3.49. The van der Waals surface area contributed by atoms with Crippen LogP contribution in [0.2, 0.25) is 0 Å². The van der Waals surface area contributed by atoms with E-state index in [9.17, 15) is 27.2 Å². The van der Waals surface area contributed by atoms with Crippen LogP contribution in [0.1, 0.15) is 18.1 Å². The first-order valence-corrected chi connectivity index (χ1v) is 9.86. The van der Waals surface area contributed by atoms with Crippen molar-refractivity contribution in [3.05, 3.63) is 59.4 Å². The van der Waals surface area contributed by atoms with Gasteiger partial charge in [-0.05, 0) is 48.7 Å². The van der Waals surface area contributed by atoms with Gasteiger partial charge in [0.1, 0.15) is 5.82 Å². The van der Waals surface area contributed by atoms with E-state index >= 15 is 0 Å². The molecule has 0 aliphatic rings. The van der Waals surface area contributed by atoms with E-state index in [1.807, 2.05) is 0 Å². The first kappa shape index (κ1) is 25.8. The fourth-order valence-electron chi connectivity index (χ4n) is 3.10. The van der Waals surface area contributed by atoms with Gasteiger partial charge in [0, 0.05) is 6.54 Å². The summed E-state index contributed by atoms with van der Waals surface area (Å²) in [7, 11) is 2.93. The maximum Gasteiger partial charge on any atom is 0.426 e. The molecule has 2 aromatic rings. The molecule has 2 aromatic carbocycles. The Hall–Kier alpha value is -3.50. The van der Waals surface area contributed by atoms with Crippen LogP contribution in [0.15, 0.2) is 42.5 Å². The molecule has 2 amide bonds. The molecule has 0 unspecified atom stereocenters. The van der Waals surface area contributed by atoms with E-state index in [2.05, 4.69) is 10.1 Å². The molecule has 0 fully saturated rings. The lowest BCUT2D eigenvalue weighted by Crippen LogP contribution is -2.63. The van der Waals surface area contributed by atoms with Crippen molar-refractivity contribution < 1.29 is 41.4 Å². The standard InChI is InChI=1S/C22H24F4N2O5/c1-4-33-19(29)21(22(24,25)26,15-6-8-16(23)9-7-15)28-20(30)27-12-11-14-5-10-17(31-2)18(13-14)32-3/h5-10,13H,4,11-12H2,1-3H3,(H2,27,28,30)/t21-/m0/s1. The lowest BCUT2D eigenvalue weighted by atomic mass is 9.89. The van der Waals surface area contributed by atoms with Crippen molar-refractivity contribution in [3.8, 4) is 11.5 Å². The fourth-order valence-corrected chi connectivity index (χ4v) is 3.10. The molecule has 1 atom stereocenters. The van der Waals surface area contributed by atoms with Gasteiger partial charge >= 0.3 is 18.2 Å². The molecule has 33 heavy (non-hydrogen) atoms. The first-order valence-electron chi connectivity index (χ1n) is 9.86. The van der Waals surface area contributed by atoms with Crippen molar-refractivity contribution in [2.45, 2.75) is 25.1 Å². The van der Waals surface area contributed by atoms with Crippen LogP contribution >= 0.6 is 0 Å². The van der Waals surface area contributed by atoms with Crippen molar-refractivity contribution in [2.75, 3.05) is 27.4 Å². The third kappa shape index (κ3) is 5.85. The minimum absolute atomic E-state index is 0.0541. The third-order valence-corrected chi connectivity index (χ3v) is 4.73. The SMILES string of the molecule is CCOC(=O)[C@@](NC(=O)NCCc1ccc(OC)c(OC)c1)(c1ccc(F)cc1)C(F)(F)F. The average Bonchev–Trinajstić information content (AvgIpc) is 2.77. The smallest absolute Gasteiger partial charge is 0.426 e. The van der Waals surface area contributed by atoms with Crippen LogP contribution in [0.25, 0.3) is 0 Å². The Labute approximate surface area is 188 Å². The highest BCUT2D eigenvalue weighted by molar-refractivity contribution is 5.89. The highest BCUT2D eigenvalue weighted by atomic mass is 19.4. The van der Waals surface area contributed by atoms with Gasteiger partial charge in [-0.3, -0.25) is 0 Å². The van der Waals surface area contributed by atoms with Crippen molar-refractivity contribution in [1.82, 2.24) is 10.6 Å². The summed E-state index contributed by atoms with van der Waals surface area (Å²) < 4.78 is 70.8. The number of esters is 1. The van der Waals surface area contributed by atoms with Crippen molar-refractivity contribution in [2.24, 2.45) is 0 Å². The number of methoxy groups -OCH3 is 2. The molecular weight excluding hydrogens is 448 g/mol. The highest BCUT2D eigenvalue weighted by Gasteiger charge is 2.64. The normalized spacial score (nSPS) is 12.9. The van der Waals surface area contributed by atoms with Gasteiger partial charge in [-0.1, -0.05) is 18.2 Å². The van der Waals surface area contributed by atoms with Crippen LogP contribution in [0.5, 0.6) is 11.5 Å². The number of halogens is 4. The largest absolute Gasteiger partial charge is 0.493 e. The second-order valence-electron chi connectivity index (χ2n) is 6.80. The molecule has 0 aromatic heterocycles. The van der Waals surface area contributed by atoms with E-state index in [0.717, 1.165) is 29.8 Å². The molecule has 180 valence electrons. The molecular formula is C22H24F4N2O5. The van der Waals surface area contributed by atoms with Gasteiger partial charge in [-0.25, -0.2) is 14.0 Å². The van der Waals surface area contributed by atoms with E-state index in [0.29, 0.717) is 11.5 Å². The summed E-state index contributed by atoms with van der Waals surface area (Å²) >= 11 is 0. The Bertz CT molecular complexity index is 966. The molecule has 0 spiro atoms. The summed E-state index contributed by atoms with van der Waals surface area (Å²) in [6.45, 7) is 0.912. The Morgan fingerprint density at radius 3 is 2.15 bits per heavy atom. The second-order valence-corrected chi connectivity index (χ2v) is 6.80. The van der Waals surface area contributed by atoms with Crippen LogP contribution in [-0.2, 0) is 21.5 Å². The lowest BCUT2D eigenvalue weighted by molar-refractivity contribution is -0.214. The van der Waals surface area contributed by atoms with Crippen molar-refractivity contribution in [1.29, 1.82) is 0 Å². The number of carbonyl (C=O) groups excluding carboxylic acids is 2. The number of hydrogen-bond donors (Lipinski definition) is 2. The molecule has 0 bridgehead atoms. The van der Waals surface area contributed by atoms with Crippen LogP contribution in [0.4, 0.5) is 22.4 Å². The monoisotopic (exact) mass is 472 g/mol. The van der Waals surface area contributed by atoms with Gasteiger partial charge in [0.15, 0.2) is 11.5 Å². The molecule has 2 rings (SSSR count). The fraction of sp³-hybridized carbons (Fsp3) is 0.364. The molecule has 7 nitrogen and oxygen atoms in total. The van der Waals surface area contributed by atoms with Crippen LogP contribution in [0, 0.1) is 5.82 Å². The number of rotatable bonds is 9. The molecule has 0 radical (unpaired) electrons. The molecule has 0 saturated heterocycles. The zero-order chi connectivity index (χ0) is 24.6. The summed E-state index contributed by atoms with van der Waals surface area (Å²) in [5.74, 6) is -1.60. The van der Waals surface area contributed by atoms with Gasteiger partial charge in [0.25, 0.3) is 5.54 Å². The topological polar surface area (TPSA) is 85.9 Å². The maximum absolute atomic E-state index is 14.2. The quantitative estimate of drug-likeness (QED) is 0.429. The van der Waals surface area contributed by atoms with E-state index in [4.69, 9.17) is 9.47 Å². The molecule has 0 aliphatic heterocycles. The summed E-state index contributed by atoms with van der Waals surface area (Å²) in [5, 5.41) is 4.00. The summed E-state index contributed by atoms with van der Waals surface area (Å²) in [6.07, 6.45) is -5.03. The van der Waals surface area contributed by atoms with Gasteiger partial charge < -0.3 is 24.8 Å². The summed E-state index contributed by atoms with van der Waals surface area (Å²) in [6, 6.07) is 6.81. The molecule has 11 heteroatoms. The summed E-state index contributed by atoms with van der Waals surface area (Å²) in [4.78, 5) is 24.9. The maximum atomic E-state index is 14.2. The first-order chi connectivity index (χ1) is 15.6. The van der Waals surface area contributed by atoms with Crippen LogP contribution in [-0.4, -0.2) is 45.5 Å². The Morgan fingerprint density at radius 1 is 0.970 bits per heavy atom. The van der Waals surface area contributed by atoms with Gasteiger partial charge in [-0.2, -0.15) is 13.2 Å². The Morgan fingerprint density at radius 2 is 1.61 bits per heavy atom. The van der Waals surface area contributed by atoms with Gasteiger partial charge in [0.2, 0.25) is 0 Å². The number of hydrogen-bond acceptors (Lipinski definition) is 5. The van der Waals surface area contributed by atoms with Crippen molar-refractivity contribution in [3.63, 3.8) is 0 Å². The predicted molar refractivity (Wildman–Crippen MR) is 111 cm³/mol. The zero-order valence-corrected chi connectivity index (χ0v) is 18.2.